The van der Waals surface area contributed by atoms with E-state index < -0.39 is 0 Å². The minimum absolute atomic E-state index is 0.514. The monoisotopic (exact) mass is 175 g/mol. The maximum Gasteiger partial charge on any atom is 0.0134 e. The van der Waals surface area contributed by atoms with E-state index in [9.17, 15) is 0 Å². The van der Waals surface area contributed by atoms with Gasteiger partial charge in [0.2, 0.25) is 0 Å². The summed E-state index contributed by atoms with van der Waals surface area (Å²) < 4.78 is 0. The first-order chi connectivity index (χ1) is 6.33. The zero-order chi connectivity index (χ0) is 9.52. The molecule has 1 unspecified atom stereocenters. The first-order valence-corrected chi connectivity index (χ1v) is 4.71. The summed E-state index contributed by atoms with van der Waals surface area (Å²) in [6, 6.07) is 11.0. The maximum absolute atomic E-state index is 3.68. The molecule has 0 amide bonds. The maximum atomic E-state index is 3.68. The van der Waals surface area contributed by atoms with Crippen molar-refractivity contribution in [2.75, 3.05) is 6.54 Å². The van der Waals surface area contributed by atoms with Crippen LogP contribution in [-0.4, -0.2) is 12.6 Å². The van der Waals surface area contributed by atoms with Gasteiger partial charge >= 0.3 is 0 Å². The Kier molecular flexibility index (Phi) is 4.27. The predicted octanol–water partition coefficient (Wildman–Crippen LogP) is 2.39. The Labute approximate surface area is 80.5 Å². The minimum atomic E-state index is 0.514. The van der Waals surface area contributed by atoms with E-state index in [0.717, 1.165) is 13.0 Å². The highest BCUT2D eigenvalue weighted by molar-refractivity contribution is 5.15. The second kappa shape index (κ2) is 5.55. The van der Waals surface area contributed by atoms with E-state index in [1.165, 1.54) is 5.56 Å². The molecule has 0 fully saturated rings. The zero-order valence-electron chi connectivity index (χ0n) is 8.16. The van der Waals surface area contributed by atoms with Gasteiger partial charge in [0, 0.05) is 12.6 Å². The Bertz CT molecular complexity index is 241. The predicted molar refractivity (Wildman–Crippen MR) is 57.8 cm³/mol. The van der Waals surface area contributed by atoms with Crippen molar-refractivity contribution in [3.05, 3.63) is 48.6 Å². The average Bonchev–Trinajstić information content (AvgIpc) is 2.16. The van der Waals surface area contributed by atoms with Gasteiger partial charge in [-0.1, -0.05) is 36.4 Å². The van der Waals surface area contributed by atoms with Crippen molar-refractivity contribution in [2.45, 2.75) is 19.4 Å². The lowest BCUT2D eigenvalue weighted by molar-refractivity contribution is 0.581. The lowest BCUT2D eigenvalue weighted by atomic mass is 10.1. The summed E-state index contributed by atoms with van der Waals surface area (Å²) in [7, 11) is 0. The van der Waals surface area contributed by atoms with Crippen LogP contribution in [0.25, 0.3) is 0 Å². The fraction of sp³-hybridized carbons (Fsp3) is 0.333. The Hall–Kier alpha value is -1.08. The summed E-state index contributed by atoms with van der Waals surface area (Å²) in [6.07, 6.45) is 2.97. The van der Waals surface area contributed by atoms with Gasteiger partial charge in [-0.3, -0.25) is 0 Å². The van der Waals surface area contributed by atoms with Crippen LogP contribution in [0.5, 0.6) is 0 Å². The van der Waals surface area contributed by atoms with Crippen LogP contribution in [0.3, 0.4) is 0 Å². The van der Waals surface area contributed by atoms with Gasteiger partial charge in [0.25, 0.3) is 0 Å². The highest BCUT2D eigenvalue weighted by Crippen LogP contribution is 2.02. The van der Waals surface area contributed by atoms with Gasteiger partial charge in [0.05, 0.1) is 0 Å². The molecule has 70 valence electrons. The molecule has 0 aliphatic carbocycles. The van der Waals surface area contributed by atoms with E-state index in [1.807, 2.05) is 12.1 Å². The number of hydrogen-bond acceptors (Lipinski definition) is 1. The fourth-order valence-electron chi connectivity index (χ4n) is 1.32. The van der Waals surface area contributed by atoms with E-state index in [-0.39, 0.29) is 0 Å². The number of rotatable bonds is 5. The first-order valence-electron chi connectivity index (χ1n) is 4.71. The van der Waals surface area contributed by atoms with Crippen LogP contribution < -0.4 is 5.32 Å². The summed E-state index contributed by atoms with van der Waals surface area (Å²) >= 11 is 0. The van der Waals surface area contributed by atoms with Crippen LogP contribution in [0.15, 0.2) is 43.0 Å². The molecule has 0 spiro atoms. The smallest absolute Gasteiger partial charge is 0.0134 e. The van der Waals surface area contributed by atoms with Crippen molar-refractivity contribution in [3.8, 4) is 0 Å². The average molecular weight is 175 g/mol. The Morgan fingerprint density at radius 1 is 1.38 bits per heavy atom. The molecule has 1 nitrogen and oxygen atoms in total. The third-order valence-electron chi connectivity index (χ3n) is 2.00. The highest BCUT2D eigenvalue weighted by Gasteiger charge is 1.99. The third-order valence-corrected chi connectivity index (χ3v) is 2.00. The molecule has 1 rings (SSSR count). The molecule has 0 aromatic heterocycles. The largest absolute Gasteiger partial charge is 0.310 e. The standard InChI is InChI=1S/C12H17N/c1-3-9-13-11(2)10-12-7-5-4-6-8-12/h3-8,11,13H,1,9-10H2,2H3. The molecule has 1 aromatic rings. The van der Waals surface area contributed by atoms with Gasteiger partial charge in [-0.2, -0.15) is 0 Å². The molecule has 1 aromatic carbocycles. The van der Waals surface area contributed by atoms with Crippen molar-refractivity contribution < 1.29 is 0 Å². The van der Waals surface area contributed by atoms with E-state index in [1.54, 1.807) is 0 Å². The minimum Gasteiger partial charge on any atom is -0.310 e. The van der Waals surface area contributed by atoms with Crippen LogP contribution in [0.4, 0.5) is 0 Å². The van der Waals surface area contributed by atoms with Gasteiger partial charge in [0.15, 0.2) is 0 Å². The third kappa shape index (κ3) is 3.90. The summed E-state index contributed by atoms with van der Waals surface area (Å²) in [4.78, 5) is 0. The van der Waals surface area contributed by atoms with E-state index >= 15 is 0 Å². The molecule has 13 heavy (non-hydrogen) atoms. The molecule has 0 radical (unpaired) electrons. The quantitative estimate of drug-likeness (QED) is 0.678. The molecule has 0 aliphatic heterocycles. The SMILES string of the molecule is C=CCNC(C)Cc1ccccc1. The molecule has 1 atom stereocenters. The van der Waals surface area contributed by atoms with E-state index in [4.69, 9.17) is 0 Å². The summed E-state index contributed by atoms with van der Waals surface area (Å²) in [5.74, 6) is 0. The number of nitrogens with one attached hydrogen (secondary N) is 1. The van der Waals surface area contributed by atoms with Crippen molar-refractivity contribution in [3.63, 3.8) is 0 Å². The van der Waals surface area contributed by atoms with Gasteiger partial charge in [-0.05, 0) is 18.9 Å². The number of benzene rings is 1. The second-order valence-electron chi connectivity index (χ2n) is 3.29. The van der Waals surface area contributed by atoms with Crippen LogP contribution in [-0.2, 0) is 6.42 Å². The fourth-order valence-corrected chi connectivity index (χ4v) is 1.32. The van der Waals surface area contributed by atoms with Crippen molar-refractivity contribution in [1.82, 2.24) is 5.32 Å². The normalized spacial score (nSPS) is 12.4. The highest BCUT2D eigenvalue weighted by atomic mass is 14.9. The van der Waals surface area contributed by atoms with E-state index in [2.05, 4.69) is 43.1 Å². The lowest BCUT2D eigenvalue weighted by Gasteiger charge is -2.11. The van der Waals surface area contributed by atoms with Gasteiger partial charge in [0.1, 0.15) is 0 Å². The van der Waals surface area contributed by atoms with Crippen LogP contribution in [0.1, 0.15) is 12.5 Å². The summed E-state index contributed by atoms with van der Waals surface area (Å²) in [5, 5.41) is 3.36. The molecule has 1 N–H and O–H groups in total. The van der Waals surface area contributed by atoms with Crippen LogP contribution in [0.2, 0.25) is 0 Å². The van der Waals surface area contributed by atoms with Crippen LogP contribution in [0, 0.1) is 0 Å². The Morgan fingerprint density at radius 3 is 2.69 bits per heavy atom. The molecular weight excluding hydrogens is 158 g/mol. The number of hydrogen-bond donors (Lipinski definition) is 1. The van der Waals surface area contributed by atoms with Crippen molar-refractivity contribution in [2.24, 2.45) is 0 Å². The molecule has 0 bridgehead atoms. The van der Waals surface area contributed by atoms with Crippen molar-refractivity contribution in [1.29, 1.82) is 0 Å². The summed E-state index contributed by atoms with van der Waals surface area (Å²) in [5.41, 5.74) is 1.38. The molecular formula is C12H17N. The summed E-state index contributed by atoms with van der Waals surface area (Å²) in [6.45, 7) is 6.75. The van der Waals surface area contributed by atoms with E-state index in [0.29, 0.717) is 6.04 Å². The first kappa shape index (κ1) is 10.0. The molecule has 0 saturated carbocycles. The van der Waals surface area contributed by atoms with Gasteiger partial charge < -0.3 is 5.32 Å². The Morgan fingerprint density at radius 2 is 2.08 bits per heavy atom. The molecule has 1 heteroatoms. The molecule has 0 saturated heterocycles. The lowest BCUT2D eigenvalue weighted by Crippen LogP contribution is -2.27. The zero-order valence-corrected chi connectivity index (χ0v) is 8.16. The topological polar surface area (TPSA) is 12.0 Å². The van der Waals surface area contributed by atoms with Crippen LogP contribution >= 0.6 is 0 Å². The van der Waals surface area contributed by atoms with Gasteiger partial charge in [-0.25, -0.2) is 0 Å². The van der Waals surface area contributed by atoms with Gasteiger partial charge in [-0.15, -0.1) is 6.58 Å². The Balaban J connectivity index is 2.36. The molecule has 0 heterocycles. The second-order valence-corrected chi connectivity index (χ2v) is 3.29. The molecule has 0 aliphatic rings. The van der Waals surface area contributed by atoms with Crippen molar-refractivity contribution >= 4 is 0 Å².